The van der Waals surface area contributed by atoms with Crippen molar-refractivity contribution < 1.29 is 4.74 Å². The smallest absolute Gasteiger partial charge is 0.0744 e. The molecule has 1 atom stereocenters. The van der Waals surface area contributed by atoms with Gasteiger partial charge in [0.2, 0.25) is 0 Å². The Hall–Kier alpha value is -0.800. The zero-order chi connectivity index (χ0) is 11.3. The Morgan fingerprint density at radius 3 is 2.93 bits per heavy atom. The van der Waals surface area contributed by atoms with Crippen molar-refractivity contribution in [2.75, 3.05) is 12.4 Å². The van der Waals surface area contributed by atoms with Crippen LogP contribution in [-0.2, 0) is 11.3 Å². The molecule has 1 aromatic carbocycles. The van der Waals surface area contributed by atoms with Gasteiger partial charge in [-0.2, -0.15) is 0 Å². The Morgan fingerprint density at radius 1 is 1.60 bits per heavy atom. The van der Waals surface area contributed by atoms with Gasteiger partial charge in [-0.05, 0) is 19.1 Å². The van der Waals surface area contributed by atoms with Crippen LogP contribution in [0.25, 0.3) is 0 Å². The second kappa shape index (κ2) is 5.93. The van der Waals surface area contributed by atoms with E-state index in [1.807, 2.05) is 24.3 Å². The number of ether oxygens (including phenoxy) is 1. The molecule has 1 N–H and O–H groups in total. The Labute approximate surface area is 99.5 Å². The number of benzene rings is 1. The van der Waals surface area contributed by atoms with Crippen molar-refractivity contribution in [2.45, 2.75) is 19.6 Å². The summed E-state index contributed by atoms with van der Waals surface area (Å²) in [6.07, 6.45) is 1.87. The largest absolute Gasteiger partial charge is 0.380 e. The summed E-state index contributed by atoms with van der Waals surface area (Å²) in [6, 6.07) is 6.30. The fraction of sp³-hybridized carbons (Fsp3) is 0.333. The molecule has 0 aliphatic carbocycles. The standard InChI is InChI=1S/C12H16BrNO/c1-4-9(2)14-12-7-5-6-11(13)10(12)8-15-3/h4-7,9,14H,1,8H2,2-3H3. The summed E-state index contributed by atoms with van der Waals surface area (Å²) in [5.74, 6) is 0. The quantitative estimate of drug-likeness (QED) is 0.826. The lowest BCUT2D eigenvalue weighted by atomic mass is 10.1. The van der Waals surface area contributed by atoms with E-state index in [4.69, 9.17) is 4.74 Å². The topological polar surface area (TPSA) is 21.3 Å². The Balaban J connectivity index is 2.94. The molecule has 0 heterocycles. The number of methoxy groups -OCH3 is 1. The zero-order valence-corrected chi connectivity index (χ0v) is 10.7. The first-order valence-corrected chi connectivity index (χ1v) is 5.63. The Bertz CT molecular complexity index is 338. The van der Waals surface area contributed by atoms with Gasteiger partial charge < -0.3 is 10.1 Å². The second-order valence-corrected chi connectivity index (χ2v) is 4.22. The van der Waals surface area contributed by atoms with Crippen molar-refractivity contribution in [3.8, 4) is 0 Å². The molecule has 0 bridgehead atoms. The van der Waals surface area contributed by atoms with Gasteiger partial charge >= 0.3 is 0 Å². The summed E-state index contributed by atoms with van der Waals surface area (Å²) < 4.78 is 6.23. The van der Waals surface area contributed by atoms with Crippen LogP contribution in [0.1, 0.15) is 12.5 Å². The van der Waals surface area contributed by atoms with Crippen molar-refractivity contribution >= 4 is 21.6 Å². The summed E-state index contributed by atoms with van der Waals surface area (Å²) in [4.78, 5) is 0. The van der Waals surface area contributed by atoms with E-state index in [-0.39, 0.29) is 6.04 Å². The molecule has 0 aliphatic rings. The number of hydrogen-bond acceptors (Lipinski definition) is 2. The van der Waals surface area contributed by atoms with Gasteiger partial charge in [0, 0.05) is 28.9 Å². The molecule has 82 valence electrons. The first kappa shape index (κ1) is 12.3. The predicted octanol–water partition coefficient (Wildman–Crippen LogP) is 3.58. The van der Waals surface area contributed by atoms with Gasteiger partial charge in [-0.3, -0.25) is 0 Å². The van der Waals surface area contributed by atoms with E-state index in [1.54, 1.807) is 7.11 Å². The van der Waals surface area contributed by atoms with Crippen LogP contribution in [0.15, 0.2) is 35.3 Å². The molecule has 1 unspecified atom stereocenters. The third kappa shape index (κ3) is 3.36. The normalized spacial score (nSPS) is 12.2. The summed E-state index contributed by atoms with van der Waals surface area (Å²) in [7, 11) is 1.69. The van der Waals surface area contributed by atoms with E-state index >= 15 is 0 Å². The number of anilines is 1. The Kier molecular flexibility index (Phi) is 4.85. The Morgan fingerprint density at radius 2 is 2.33 bits per heavy atom. The second-order valence-electron chi connectivity index (χ2n) is 3.37. The highest BCUT2D eigenvalue weighted by Gasteiger charge is 2.07. The number of hydrogen-bond donors (Lipinski definition) is 1. The van der Waals surface area contributed by atoms with E-state index < -0.39 is 0 Å². The van der Waals surface area contributed by atoms with Crippen LogP contribution in [0.5, 0.6) is 0 Å². The first-order valence-electron chi connectivity index (χ1n) is 4.84. The van der Waals surface area contributed by atoms with Gasteiger partial charge in [0.1, 0.15) is 0 Å². The summed E-state index contributed by atoms with van der Waals surface area (Å²) in [5, 5.41) is 3.36. The maximum atomic E-state index is 5.17. The van der Waals surface area contributed by atoms with Gasteiger partial charge in [-0.15, -0.1) is 6.58 Å². The highest BCUT2D eigenvalue weighted by atomic mass is 79.9. The molecule has 0 saturated carbocycles. The average Bonchev–Trinajstić information content (AvgIpc) is 2.23. The number of nitrogens with one attached hydrogen (secondary N) is 1. The first-order chi connectivity index (χ1) is 7.19. The van der Waals surface area contributed by atoms with Crippen molar-refractivity contribution in [1.29, 1.82) is 0 Å². The molecule has 0 fully saturated rings. The van der Waals surface area contributed by atoms with Gasteiger partial charge in [-0.1, -0.05) is 28.1 Å². The van der Waals surface area contributed by atoms with Crippen LogP contribution >= 0.6 is 15.9 Å². The van der Waals surface area contributed by atoms with E-state index in [9.17, 15) is 0 Å². The van der Waals surface area contributed by atoms with Crippen LogP contribution in [0.3, 0.4) is 0 Å². The molecule has 0 saturated heterocycles. The summed E-state index contributed by atoms with van der Waals surface area (Å²) >= 11 is 3.51. The molecule has 1 aromatic rings. The van der Waals surface area contributed by atoms with Crippen molar-refractivity contribution in [3.05, 3.63) is 40.9 Å². The lowest BCUT2D eigenvalue weighted by Crippen LogP contribution is -2.13. The molecule has 0 amide bonds. The predicted molar refractivity (Wildman–Crippen MR) is 68.1 cm³/mol. The van der Waals surface area contributed by atoms with Gasteiger partial charge in [-0.25, -0.2) is 0 Å². The van der Waals surface area contributed by atoms with Crippen LogP contribution in [0, 0.1) is 0 Å². The fourth-order valence-corrected chi connectivity index (χ4v) is 1.77. The molecular formula is C12H16BrNO. The molecule has 0 radical (unpaired) electrons. The molecular weight excluding hydrogens is 254 g/mol. The van der Waals surface area contributed by atoms with Gasteiger partial charge in [0.15, 0.2) is 0 Å². The highest BCUT2D eigenvalue weighted by molar-refractivity contribution is 9.10. The van der Waals surface area contributed by atoms with Crippen molar-refractivity contribution in [2.24, 2.45) is 0 Å². The fourth-order valence-electron chi connectivity index (χ4n) is 1.29. The van der Waals surface area contributed by atoms with Crippen LogP contribution in [0.4, 0.5) is 5.69 Å². The van der Waals surface area contributed by atoms with Crippen LogP contribution < -0.4 is 5.32 Å². The molecule has 1 rings (SSSR count). The van der Waals surface area contributed by atoms with Crippen molar-refractivity contribution in [3.63, 3.8) is 0 Å². The summed E-state index contributed by atoms with van der Waals surface area (Å²) in [5.41, 5.74) is 2.22. The highest BCUT2D eigenvalue weighted by Crippen LogP contribution is 2.26. The minimum atomic E-state index is 0.245. The third-order valence-electron chi connectivity index (χ3n) is 2.14. The van der Waals surface area contributed by atoms with Crippen molar-refractivity contribution in [1.82, 2.24) is 0 Å². The number of halogens is 1. The maximum Gasteiger partial charge on any atom is 0.0744 e. The van der Waals surface area contributed by atoms with E-state index in [2.05, 4.69) is 34.7 Å². The minimum absolute atomic E-state index is 0.245. The SMILES string of the molecule is C=CC(C)Nc1cccc(Br)c1COC. The molecule has 2 nitrogen and oxygen atoms in total. The molecule has 0 aromatic heterocycles. The molecule has 0 aliphatic heterocycles. The van der Waals surface area contributed by atoms with Gasteiger partial charge in [0.05, 0.1) is 6.61 Å². The lowest BCUT2D eigenvalue weighted by molar-refractivity contribution is 0.185. The third-order valence-corrected chi connectivity index (χ3v) is 2.89. The molecule has 3 heteroatoms. The maximum absolute atomic E-state index is 5.17. The van der Waals surface area contributed by atoms with Crippen LogP contribution in [0.2, 0.25) is 0 Å². The summed E-state index contributed by atoms with van der Waals surface area (Å²) in [6.45, 7) is 6.40. The lowest BCUT2D eigenvalue weighted by Gasteiger charge is -2.16. The van der Waals surface area contributed by atoms with E-state index in [1.165, 1.54) is 0 Å². The van der Waals surface area contributed by atoms with E-state index in [0.717, 1.165) is 15.7 Å². The minimum Gasteiger partial charge on any atom is -0.380 e. The van der Waals surface area contributed by atoms with Crippen LogP contribution in [-0.4, -0.2) is 13.2 Å². The molecule has 15 heavy (non-hydrogen) atoms. The van der Waals surface area contributed by atoms with E-state index in [0.29, 0.717) is 6.61 Å². The van der Waals surface area contributed by atoms with Gasteiger partial charge in [0.25, 0.3) is 0 Å². The zero-order valence-electron chi connectivity index (χ0n) is 9.09. The molecule has 0 spiro atoms. The monoisotopic (exact) mass is 269 g/mol. The average molecular weight is 270 g/mol. The number of rotatable bonds is 5.